The van der Waals surface area contributed by atoms with Gasteiger partial charge in [0.25, 0.3) is 0 Å². The first kappa shape index (κ1) is 16.4. The Balaban J connectivity index is 2.88. The first-order valence-corrected chi connectivity index (χ1v) is 8.48. The molecule has 19 heavy (non-hydrogen) atoms. The molecular formula is C14H23N3S2. The zero-order valence-electron chi connectivity index (χ0n) is 12.3. The number of nitrogens with two attached hydrogens (primary N) is 1. The Hall–Kier alpha value is -0.650. The van der Waals surface area contributed by atoms with Crippen LogP contribution in [-0.2, 0) is 5.75 Å². The van der Waals surface area contributed by atoms with Crippen molar-refractivity contribution in [3.8, 4) is 0 Å². The van der Waals surface area contributed by atoms with Gasteiger partial charge >= 0.3 is 0 Å². The first-order chi connectivity index (χ1) is 8.95. The van der Waals surface area contributed by atoms with Crippen molar-refractivity contribution < 1.29 is 0 Å². The summed E-state index contributed by atoms with van der Waals surface area (Å²) in [5, 5.41) is 1.68. The average Bonchev–Trinajstić information content (AvgIpc) is 2.34. The molecule has 0 aliphatic heterocycles. The van der Waals surface area contributed by atoms with Crippen LogP contribution in [0.4, 0.5) is 5.69 Å². The highest BCUT2D eigenvalue weighted by molar-refractivity contribution is 8.38. The predicted molar refractivity (Wildman–Crippen MR) is 91.2 cm³/mol. The lowest BCUT2D eigenvalue weighted by Gasteiger charge is -2.19. The molecule has 0 amide bonds. The zero-order valence-corrected chi connectivity index (χ0v) is 13.9. The lowest BCUT2D eigenvalue weighted by molar-refractivity contribution is 0.842. The normalized spacial score (nSPS) is 12.1. The van der Waals surface area contributed by atoms with Crippen LogP contribution in [0.15, 0.2) is 23.2 Å². The highest BCUT2D eigenvalue weighted by atomic mass is 32.2. The van der Waals surface area contributed by atoms with Crippen molar-refractivity contribution in [3.63, 3.8) is 0 Å². The van der Waals surface area contributed by atoms with E-state index in [4.69, 9.17) is 5.84 Å². The Morgan fingerprint density at radius 3 is 2.63 bits per heavy atom. The molecule has 106 valence electrons. The smallest absolute Gasteiger partial charge is 0.124 e. The number of hydrazine groups is 1. The minimum Gasteiger partial charge on any atom is -0.314 e. The molecular weight excluding hydrogens is 274 g/mol. The molecule has 0 radical (unpaired) electrons. The van der Waals surface area contributed by atoms with E-state index in [-0.39, 0.29) is 0 Å². The highest BCUT2D eigenvalue weighted by Crippen LogP contribution is 2.28. The monoisotopic (exact) mass is 297 g/mol. The second kappa shape index (κ2) is 7.82. The maximum Gasteiger partial charge on any atom is 0.124 e. The van der Waals surface area contributed by atoms with Gasteiger partial charge in [0.05, 0.1) is 5.69 Å². The van der Waals surface area contributed by atoms with Gasteiger partial charge in [0.1, 0.15) is 4.38 Å². The molecule has 1 aromatic carbocycles. The summed E-state index contributed by atoms with van der Waals surface area (Å²) < 4.78 is 1.13. The summed E-state index contributed by atoms with van der Waals surface area (Å²) in [7, 11) is 1.88. The topological polar surface area (TPSA) is 41.6 Å². The standard InChI is InChI=1S/C14H23N3S2/c1-10(2)16-14(18-5)19-9-12-11(3)7-6-8-13(12)17(4)15/h6-8,10H,9,15H2,1-5H3. The minimum atomic E-state index is 0.337. The molecule has 0 saturated heterocycles. The molecule has 0 bridgehead atoms. The van der Waals surface area contributed by atoms with E-state index in [0.717, 1.165) is 15.8 Å². The molecule has 2 N–H and O–H groups in total. The SMILES string of the molecule is CSC(=NC(C)C)SCc1c(C)cccc1N(C)N. The Morgan fingerprint density at radius 2 is 2.11 bits per heavy atom. The van der Waals surface area contributed by atoms with Gasteiger partial charge in [-0.3, -0.25) is 4.99 Å². The summed E-state index contributed by atoms with van der Waals surface area (Å²) in [6.45, 7) is 6.33. The largest absolute Gasteiger partial charge is 0.314 e. The van der Waals surface area contributed by atoms with Crippen molar-refractivity contribution in [3.05, 3.63) is 29.3 Å². The van der Waals surface area contributed by atoms with Crippen molar-refractivity contribution in [1.82, 2.24) is 0 Å². The summed E-state index contributed by atoms with van der Waals surface area (Å²) in [6, 6.07) is 6.56. The van der Waals surface area contributed by atoms with Crippen LogP contribution in [0, 0.1) is 6.92 Å². The third-order valence-corrected chi connectivity index (χ3v) is 4.74. The van der Waals surface area contributed by atoms with Gasteiger partial charge in [-0.2, -0.15) is 0 Å². The molecule has 0 aromatic heterocycles. The Kier molecular flexibility index (Phi) is 6.75. The highest BCUT2D eigenvalue weighted by Gasteiger charge is 2.09. The zero-order chi connectivity index (χ0) is 14.4. The Bertz CT molecular complexity index is 442. The van der Waals surface area contributed by atoms with Gasteiger partial charge in [-0.25, -0.2) is 5.84 Å². The number of nitrogens with zero attached hydrogens (tertiary/aromatic N) is 2. The van der Waals surface area contributed by atoms with Crippen LogP contribution in [0.5, 0.6) is 0 Å². The Morgan fingerprint density at radius 1 is 1.42 bits per heavy atom. The van der Waals surface area contributed by atoms with Crippen LogP contribution < -0.4 is 10.9 Å². The molecule has 1 aromatic rings. The van der Waals surface area contributed by atoms with Crippen LogP contribution in [0.2, 0.25) is 0 Å². The van der Waals surface area contributed by atoms with Crippen molar-refractivity contribution >= 4 is 33.6 Å². The second-order valence-electron chi connectivity index (χ2n) is 4.67. The molecule has 5 heteroatoms. The number of anilines is 1. The average molecular weight is 297 g/mol. The molecule has 0 unspecified atom stereocenters. The lowest BCUT2D eigenvalue weighted by Crippen LogP contribution is -2.26. The molecule has 0 atom stereocenters. The first-order valence-electron chi connectivity index (χ1n) is 6.27. The summed E-state index contributed by atoms with van der Waals surface area (Å²) in [5.74, 6) is 6.79. The number of hydrogen-bond donors (Lipinski definition) is 1. The Labute approximate surface area is 125 Å². The van der Waals surface area contributed by atoms with Gasteiger partial charge in [-0.1, -0.05) is 23.9 Å². The third-order valence-electron chi connectivity index (χ3n) is 2.64. The number of thioether (sulfide) groups is 2. The quantitative estimate of drug-likeness (QED) is 0.398. The van der Waals surface area contributed by atoms with Gasteiger partial charge in [-0.05, 0) is 44.2 Å². The summed E-state index contributed by atoms with van der Waals surface area (Å²) in [6.07, 6.45) is 2.07. The van der Waals surface area contributed by atoms with Gasteiger partial charge in [0, 0.05) is 18.8 Å². The lowest BCUT2D eigenvalue weighted by atomic mass is 10.1. The van der Waals surface area contributed by atoms with Crippen LogP contribution >= 0.6 is 23.5 Å². The molecule has 0 fully saturated rings. The molecule has 3 nitrogen and oxygen atoms in total. The van der Waals surface area contributed by atoms with Crippen molar-refractivity contribution in [1.29, 1.82) is 0 Å². The van der Waals surface area contributed by atoms with E-state index in [1.54, 1.807) is 28.5 Å². The molecule has 0 aliphatic rings. The second-order valence-corrected chi connectivity index (χ2v) is 6.68. The van der Waals surface area contributed by atoms with Crippen LogP contribution in [0.3, 0.4) is 0 Å². The van der Waals surface area contributed by atoms with Crippen molar-refractivity contribution in [2.75, 3.05) is 18.3 Å². The van der Waals surface area contributed by atoms with Crippen LogP contribution in [0.25, 0.3) is 0 Å². The minimum absolute atomic E-state index is 0.337. The number of aryl methyl sites for hydroxylation is 1. The van der Waals surface area contributed by atoms with Gasteiger partial charge < -0.3 is 5.01 Å². The van der Waals surface area contributed by atoms with Crippen LogP contribution in [0.1, 0.15) is 25.0 Å². The summed E-state index contributed by atoms with van der Waals surface area (Å²) in [4.78, 5) is 4.61. The van der Waals surface area contributed by atoms with E-state index in [2.05, 4.69) is 44.2 Å². The third kappa shape index (κ3) is 5.09. The molecule has 0 aliphatic carbocycles. The fourth-order valence-corrected chi connectivity index (χ4v) is 3.59. The number of hydrogen-bond acceptors (Lipinski definition) is 5. The van der Waals surface area contributed by atoms with E-state index in [1.807, 2.05) is 13.1 Å². The number of aliphatic imine (C=N–C) groups is 1. The van der Waals surface area contributed by atoms with Crippen LogP contribution in [-0.4, -0.2) is 23.7 Å². The number of rotatable bonds is 4. The van der Waals surface area contributed by atoms with E-state index in [9.17, 15) is 0 Å². The molecule has 0 heterocycles. The van der Waals surface area contributed by atoms with E-state index in [0.29, 0.717) is 6.04 Å². The molecule has 0 spiro atoms. The maximum absolute atomic E-state index is 5.89. The van der Waals surface area contributed by atoms with Gasteiger partial charge in [-0.15, -0.1) is 11.8 Å². The molecule has 0 saturated carbocycles. The van der Waals surface area contributed by atoms with E-state index in [1.165, 1.54) is 11.1 Å². The summed E-state index contributed by atoms with van der Waals surface area (Å²) >= 11 is 3.49. The predicted octanol–water partition coefficient (Wildman–Crippen LogP) is 3.67. The van der Waals surface area contributed by atoms with Gasteiger partial charge in [0.2, 0.25) is 0 Å². The molecule has 1 rings (SSSR count). The fraction of sp³-hybridized carbons (Fsp3) is 0.500. The van der Waals surface area contributed by atoms with E-state index < -0.39 is 0 Å². The van der Waals surface area contributed by atoms with Crippen molar-refractivity contribution in [2.45, 2.75) is 32.6 Å². The van der Waals surface area contributed by atoms with Crippen molar-refractivity contribution in [2.24, 2.45) is 10.8 Å². The van der Waals surface area contributed by atoms with E-state index >= 15 is 0 Å². The van der Waals surface area contributed by atoms with Gasteiger partial charge in [0.15, 0.2) is 0 Å². The maximum atomic E-state index is 5.89. The number of benzene rings is 1. The fourth-order valence-electron chi connectivity index (χ4n) is 1.70. The summed E-state index contributed by atoms with van der Waals surface area (Å²) in [5.41, 5.74) is 3.63.